The first-order valence-electron chi connectivity index (χ1n) is 9.70. The molecule has 0 aliphatic heterocycles. The number of benzene rings is 4. The molecular weight excluding hydrogens is 408 g/mol. The van der Waals surface area contributed by atoms with E-state index in [1.54, 1.807) is 60.7 Å². The molecule has 0 radical (unpaired) electrons. The van der Waals surface area contributed by atoms with Crippen molar-refractivity contribution in [3.63, 3.8) is 0 Å². The zero-order valence-corrected chi connectivity index (χ0v) is 16.8. The number of carbonyl (C=O) groups excluding carboxylic acids is 2. The molecule has 0 unspecified atom stereocenters. The smallest absolute Gasteiger partial charge is 0.186 e. The predicted octanol–water partition coefficient (Wildman–Crippen LogP) is 5.43. The van der Waals surface area contributed by atoms with E-state index in [-0.39, 0.29) is 11.5 Å². The van der Waals surface area contributed by atoms with Crippen LogP contribution in [0.2, 0.25) is 0 Å². The molecule has 0 bridgehead atoms. The normalized spacial score (nSPS) is 10.4. The molecule has 2 N–H and O–H groups in total. The molecule has 6 heteroatoms. The van der Waals surface area contributed by atoms with Crippen molar-refractivity contribution in [1.29, 1.82) is 0 Å². The molecule has 4 aromatic rings. The largest absolute Gasteiger partial charge is 0.508 e. The lowest BCUT2D eigenvalue weighted by molar-refractivity contribution is -0.0987. The summed E-state index contributed by atoms with van der Waals surface area (Å²) in [6.45, 7) is 0. The highest BCUT2D eigenvalue weighted by atomic mass is 17.2. The van der Waals surface area contributed by atoms with Crippen LogP contribution in [0.25, 0.3) is 22.3 Å². The maximum Gasteiger partial charge on any atom is 0.186 e. The van der Waals surface area contributed by atoms with Gasteiger partial charge in [0.15, 0.2) is 24.1 Å². The van der Waals surface area contributed by atoms with Crippen LogP contribution in [0.3, 0.4) is 0 Å². The second kappa shape index (κ2) is 9.06. The van der Waals surface area contributed by atoms with Gasteiger partial charge in [0.05, 0.1) is 0 Å². The molecular formula is C26H18O6. The summed E-state index contributed by atoms with van der Waals surface area (Å²) in [6.07, 6.45) is 1.32. The van der Waals surface area contributed by atoms with Crippen LogP contribution in [-0.2, 0) is 0 Å². The Hall–Kier alpha value is -4.58. The van der Waals surface area contributed by atoms with Gasteiger partial charge >= 0.3 is 0 Å². The standard InChI is InChI=1S/C26H18O6/c27-15-17-13-19(29)9-11-21(17)23-5-1-3-7-25(23)31-32-26-8-4-2-6-24(26)22-12-10-20(30)14-18(22)16-28/h1-16,29-30H. The van der Waals surface area contributed by atoms with Gasteiger partial charge in [0.25, 0.3) is 0 Å². The molecule has 0 fully saturated rings. The van der Waals surface area contributed by atoms with E-state index in [1.807, 2.05) is 0 Å². The highest BCUT2D eigenvalue weighted by Crippen LogP contribution is 2.36. The number of phenols is 2. The van der Waals surface area contributed by atoms with E-state index >= 15 is 0 Å². The molecule has 6 nitrogen and oxygen atoms in total. The summed E-state index contributed by atoms with van der Waals surface area (Å²) in [4.78, 5) is 34.3. The van der Waals surface area contributed by atoms with Crippen molar-refractivity contribution in [2.45, 2.75) is 0 Å². The molecule has 0 spiro atoms. The van der Waals surface area contributed by atoms with Crippen LogP contribution in [0.5, 0.6) is 23.0 Å². The summed E-state index contributed by atoms with van der Waals surface area (Å²) in [5.74, 6) is 0.688. The molecule has 0 saturated heterocycles. The van der Waals surface area contributed by atoms with Crippen LogP contribution in [0, 0.1) is 0 Å². The first kappa shape index (κ1) is 20.7. The number of rotatable bonds is 7. The fourth-order valence-corrected chi connectivity index (χ4v) is 3.40. The van der Waals surface area contributed by atoms with Crippen LogP contribution in [0.4, 0.5) is 0 Å². The zero-order chi connectivity index (χ0) is 22.5. The number of aromatic hydroxyl groups is 2. The van der Waals surface area contributed by atoms with E-state index in [2.05, 4.69) is 0 Å². The van der Waals surface area contributed by atoms with Crippen LogP contribution in [0.1, 0.15) is 20.7 Å². The fraction of sp³-hybridized carbons (Fsp3) is 0. The van der Waals surface area contributed by atoms with Gasteiger partial charge in [-0.25, -0.2) is 0 Å². The highest BCUT2D eigenvalue weighted by molar-refractivity contribution is 5.91. The lowest BCUT2D eigenvalue weighted by Gasteiger charge is -2.14. The lowest BCUT2D eigenvalue weighted by Crippen LogP contribution is -2.04. The Bertz CT molecular complexity index is 1190. The summed E-state index contributed by atoms with van der Waals surface area (Å²) in [5, 5.41) is 19.4. The van der Waals surface area contributed by atoms with Gasteiger partial charge < -0.3 is 10.2 Å². The first-order valence-corrected chi connectivity index (χ1v) is 9.70. The summed E-state index contributed by atoms with van der Waals surface area (Å²) < 4.78 is 0. The number of para-hydroxylation sites is 2. The van der Waals surface area contributed by atoms with Crippen LogP contribution >= 0.6 is 0 Å². The third kappa shape index (κ3) is 4.15. The van der Waals surface area contributed by atoms with Crippen molar-refractivity contribution in [1.82, 2.24) is 0 Å². The van der Waals surface area contributed by atoms with Gasteiger partial charge in [-0.3, -0.25) is 19.4 Å². The SMILES string of the molecule is O=Cc1cc(O)ccc1-c1ccccc1OOc1ccccc1-c1ccc(O)cc1C=O. The third-order valence-corrected chi connectivity index (χ3v) is 4.90. The van der Waals surface area contributed by atoms with Gasteiger partial charge in [-0.1, -0.05) is 36.4 Å². The average Bonchev–Trinajstić information content (AvgIpc) is 2.83. The lowest BCUT2D eigenvalue weighted by atomic mass is 9.99. The van der Waals surface area contributed by atoms with Gasteiger partial charge in [0.2, 0.25) is 0 Å². The molecule has 32 heavy (non-hydrogen) atoms. The second-order valence-electron chi connectivity index (χ2n) is 6.94. The molecule has 4 rings (SSSR count). The monoisotopic (exact) mass is 426 g/mol. The van der Waals surface area contributed by atoms with E-state index < -0.39 is 0 Å². The van der Waals surface area contributed by atoms with E-state index in [9.17, 15) is 19.8 Å². The Morgan fingerprint density at radius 1 is 0.531 bits per heavy atom. The van der Waals surface area contributed by atoms with E-state index in [1.165, 1.54) is 24.3 Å². The van der Waals surface area contributed by atoms with Gasteiger partial charge in [0.1, 0.15) is 11.5 Å². The quantitative estimate of drug-likeness (QED) is 0.233. The minimum atomic E-state index is -0.0145. The van der Waals surface area contributed by atoms with Crippen molar-refractivity contribution in [3.8, 4) is 45.3 Å². The molecule has 0 atom stereocenters. The van der Waals surface area contributed by atoms with Gasteiger partial charge in [-0.05, 0) is 59.7 Å². The summed E-state index contributed by atoms with van der Waals surface area (Å²) in [5.41, 5.74) is 2.97. The Morgan fingerprint density at radius 2 is 0.938 bits per heavy atom. The van der Waals surface area contributed by atoms with Gasteiger partial charge in [-0.15, -0.1) is 0 Å². The fourth-order valence-electron chi connectivity index (χ4n) is 3.40. The molecule has 0 amide bonds. The Labute approximate surface area is 183 Å². The second-order valence-corrected chi connectivity index (χ2v) is 6.94. The maximum absolute atomic E-state index is 11.5. The predicted molar refractivity (Wildman–Crippen MR) is 119 cm³/mol. The maximum atomic E-state index is 11.5. The topological polar surface area (TPSA) is 93.1 Å². The minimum absolute atomic E-state index is 0.0145. The Balaban J connectivity index is 1.69. The van der Waals surface area contributed by atoms with Crippen molar-refractivity contribution in [2.75, 3.05) is 0 Å². The molecule has 0 aromatic heterocycles. The van der Waals surface area contributed by atoms with Crippen LogP contribution in [-0.4, -0.2) is 22.8 Å². The molecule has 158 valence electrons. The molecule has 4 aromatic carbocycles. The van der Waals surface area contributed by atoms with E-state index in [0.717, 1.165) is 0 Å². The number of hydrogen-bond donors (Lipinski definition) is 2. The molecule has 0 heterocycles. The Morgan fingerprint density at radius 3 is 1.34 bits per heavy atom. The number of carbonyl (C=O) groups is 2. The van der Waals surface area contributed by atoms with Gasteiger partial charge in [-0.2, -0.15) is 0 Å². The third-order valence-electron chi connectivity index (χ3n) is 4.90. The zero-order valence-electron chi connectivity index (χ0n) is 16.8. The minimum Gasteiger partial charge on any atom is -0.508 e. The van der Waals surface area contributed by atoms with Crippen molar-refractivity contribution < 1.29 is 29.6 Å². The average molecular weight is 426 g/mol. The molecule has 0 aliphatic carbocycles. The molecule has 0 aliphatic rings. The van der Waals surface area contributed by atoms with Crippen molar-refractivity contribution in [2.24, 2.45) is 0 Å². The number of phenolic OH excluding ortho intramolecular Hbond substituents is 2. The van der Waals surface area contributed by atoms with Crippen molar-refractivity contribution >= 4 is 12.6 Å². The summed E-state index contributed by atoms with van der Waals surface area (Å²) in [7, 11) is 0. The summed E-state index contributed by atoms with van der Waals surface area (Å²) in [6, 6.07) is 23.0. The van der Waals surface area contributed by atoms with Gasteiger partial charge in [0, 0.05) is 22.3 Å². The number of aldehydes is 2. The number of hydrogen-bond acceptors (Lipinski definition) is 6. The van der Waals surface area contributed by atoms with Crippen molar-refractivity contribution in [3.05, 3.63) is 96.1 Å². The van der Waals surface area contributed by atoms with E-state index in [4.69, 9.17) is 9.78 Å². The van der Waals surface area contributed by atoms with Crippen LogP contribution < -0.4 is 9.78 Å². The summed E-state index contributed by atoms with van der Waals surface area (Å²) >= 11 is 0. The first-order chi connectivity index (χ1) is 15.6. The molecule has 0 saturated carbocycles. The highest BCUT2D eigenvalue weighted by Gasteiger charge is 2.15. The van der Waals surface area contributed by atoms with Crippen LogP contribution in [0.15, 0.2) is 84.9 Å². The Kier molecular flexibility index (Phi) is 5.85. The van der Waals surface area contributed by atoms with E-state index in [0.29, 0.717) is 57.5 Å².